The fourth-order valence-electron chi connectivity index (χ4n) is 5.12. The van der Waals surface area contributed by atoms with Gasteiger partial charge in [0.2, 0.25) is 11.9 Å². The number of nitrogens with one attached hydrogen (secondary N) is 3. The van der Waals surface area contributed by atoms with Gasteiger partial charge in [0.05, 0.1) is 55.3 Å². The Hall–Kier alpha value is -3.42. The molecule has 0 spiro atoms. The topological polar surface area (TPSA) is 126 Å². The second kappa shape index (κ2) is 13.9. The van der Waals surface area contributed by atoms with E-state index in [1.807, 2.05) is 6.07 Å². The summed E-state index contributed by atoms with van der Waals surface area (Å²) >= 11 is 13.5. The fraction of sp³-hybridized carbons (Fsp3) is 0.448. The molecule has 1 aromatic carbocycles. The van der Waals surface area contributed by atoms with E-state index in [1.165, 1.54) is 20.3 Å². The van der Waals surface area contributed by atoms with Gasteiger partial charge in [-0.1, -0.05) is 29.8 Å². The average Bonchev–Trinajstić information content (AvgIpc) is 3.44. The number of pyridine rings is 1. The van der Waals surface area contributed by atoms with Crippen molar-refractivity contribution in [2.45, 2.75) is 12.1 Å². The number of carbonyl (C=O) groups is 1. The number of rotatable bonds is 11. The minimum absolute atomic E-state index is 0.218. The number of carbonyl (C=O) groups excluding carboxylic acids is 1. The van der Waals surface area contributed by atoms with Crippen molar-refractivity contribution < 1.29 is 19.0 Å². The number of aromatic nitrogens is 3. The van der Waals surface area contributed by atoms with Crippen LogP contribution in [-0.2, 0) is 9.53 Å². The van der Waals surface area contributed by atoms with Crippen LogP contribution in [0.2, 0.25) is 10.0 Å². The third-order valence-electron chi connectivity index (χ3n) is 7.62. The first-order chi connectivity index (χ1) is 20.8. The molecule has 0 saturated carbocycles. The van der Waals surface area contributed by atoms with Crippen molar-refractivity contribution in [2.24, 2.45) is 0 Å². The Morgan fingerprint density at radius 3 is 2.47 bits per heavy atom. The summed E-state index contributed by atoms with van der Waals surface area (Å²) in [6, 6.07) is 3.01. The van der Waals surface area contributed by atoms with Gasteiger partial charge in [0.15, 0.2) is 5.82 Å². The molecule has 3 N–H and O–H groups in total. The van der Waals surface area contributed by atoms with Crippen LogP contribution in [0.4, 0.5) is 11.8 Å². The normalized spacial score (nSPS) is 19.3. The minimum Gasteiger partial charge on any atom is -0.495 e. The molecule has 0 aliphatic carbocycles. The van der Waals surface area contributed by atoms with E-state index in [0.717, 1.165) is 38.1 Å². The monoisotopic (exact) mass is 630 g/mol. The number of benzene rings is 1. The molecule has 0 unspecified atom stereocenters. The minimum atomic E-state index is -0.267. The van der Waals surface area contributed by atoms with Crippen molar-refractivity contribution in [1.29, 1.82) is 0 Å². The number of fused-ring (bicyclic) bond motifs is 1. The average molecular weight is 632 g/mol. The van der Waals surface area contributed by atoms with Crippen LogP contribution in [0.15, 0.2) is 31.0 Å². The zero-order chi connectivity index (χ0) is 30.5. The quantitative estimate of drug-likeness (QED) is 0.270. The lowest BCUT2D eigenvalue weighted by Crippen LogP contribution is -2.45. The molecule has 43 heavy (non-hydrogen) atoms. The van der Waals surface area contributed by atoms with Gasteiger partial charge in [0.25, 0.3) is 0 Å². The van der Waals surface area contributed by atoms with E-state index in [1.54, 1.807) is 12.3 Å². The van der Waals surface area contributed by atoms with Crippen LogP contribution in [0.3, 0.4) is 0 Å². The molecule has 2 aliphatic rings. The number of nitrogens with zero attached hydrogens (tertiary/aromatic N) is 5. The molecule has 2 saturated heterocycles. The second-order valence-corrected chi connectivity index (χ2v) is 11.2. The van der Waals surface area contributed by atoms with Gasteiger partial charge in [-0.3, -0.25) is 9.69 Å². The van der Waals surface area contributed by atoms with Crippen LogP contribution in [0.25, 0.3) is 22.2 Å². The summed E-state index contributed by atoms with van der Waals surface area (Å²) in [6.45, 7) is 9.87. The number of anilines is 2. The summed E-state index contributed by atoms with van der Waals surface area (Å²) < 4.78 is 16.6. The Morgan fingerprint density at radius 2 is 1.79 bits per heavy atom. The molecular weight excluding hydrogens is 595 g/mol. The van der Waals surface area contributed by atoms with Gasteiger partial charge in [-0.25, -0.2) is 15.0 Å². The van der Waals surface area contributed by atoms with Gasteiger partial charge < -0.3 is 35.1 Å². The molecule has 4 heterocycles. The molecule has 2 fully saturated rings. The molecule has 5 rings (SSSR count). The smallest absolute Gasteiger partial charge is 0.243 e. The molecule has 1 amide bonds. The Bertz CT molecular complexity index is 1460. The first-order valence-electron chi connectivity index (χ1n) is 14.0. The molecule has 14 heteroatoms. The first kappa shape index (κ1) is 31.0. The summed E-state index contributed by atoms with van der Waals surface area (Å²) in [4.78, 5) is 31.0. The molecule has 0 radical (unpaired) electrons. The van der Waals surface area contributed by atoms with Gasteiger partial charge in [-0.2, -0.15) is 0 Å². The number of amides is 1. The van der Waals surface area contributed by atoms with E-state index in [-0.39, 0.29) is 18.0 Å². The number of halogens is 2. The summed E-state index contributed by atoms with van der Waals surface area (Å²) in [6.07, 6.45) is 2.95. The molecule has 12 nitrogen and oxygen atoms in total. The summed E-state index contributed by atoms with van der Waals surface area (Å²) in [5, 5.41) is 11.0. The van der Waals surface area contributed by atoms with Crippen LogP contribution < -0.4 is 25.4 Å². The van der Waals surface area contributed by atoms with E-state index >= 15 is 0 Å². The summed E-state index contributed by atoms with van der Waals surface area (Å²) in [5.41, 5.74) is 1.62. The predicted octanol–water partition coefficient (Wildman–Crippen LogP) is 3.16. The molecule has 230 valence electrons. The number of hydrogen-bond donors (Lipinski definition) is 3. The summed E-state index contributed by atoms with van der Waals surface area (Å²) in [5.74, 6) is 1.50. The van der Waals surface area contributed by atoms with E-state index in [9.17, 15) is 4.79 Å². The number of methoxy groups -OCH3 is 2. The molecule has 3 aromatic rings. The van der Waals surface area contributed by atoms with E-state index in [4.69, 9.17) is 47.4 Å². The Balaban J connectivity index is 1.49. The third-order valence-corrected chi connectivity index (χ3v) is 8.37. The van der Waals surface area contributed by atoms with Crippen molar-refractivity contribution in [3.63, 3.8) is 0 Å². The van der Waals surface area contributed by atoms with Gasteiger partial charge in [0.1, 0.15) is 17.0 Å². The fourth-order valence-corrected chi connectivity index (χ4v) is 5.82. The number of hydrogen-bond acceptors (Lipinski definition) is 11. The number of likely N-dealkylation sites (N-methyl/N-ethyl adjacent to an activating group) is 1. The van der Waals surface area contributed by atoms with Crippen LogP contribution in [0.5, 0.6) is 11.5 Å². The maximum atomic E-state index is 11.9. The van der Waals surface area contributed by atoms with Crippen LogP contribution in [0, 0.1) is 0 Å². The molecule has 2 aromatic heterocycles. The van der Waals surface area contributed by atoms with Crippen LogP contribution >= 0.6 is 23.2 Å². The van der Waals surface area contributed by atoms with E-state index < -0.39 is 0 Å². The standard InChI is InChI=1S/C29H36Cl2N8O4/c1-5-23(40)34-19-15-43-16-20(19)36-29-33-14-17-12-18(24-25(30)21(41-3)13-22(42-4)26(24)31)35-28(27(17)37-29)32-6-7-39-10-8-38(2)9-11-39/h5,12-14,19-20H,1,6-11,15-16H2,2-4H3,(H,32,35)(H,34,40)(H,33,36,37)/t19-,20+/m0/s1. The molecule has 2 aliphatic heterocycles. The number of piperazine rings is 1. The highest BCUT2D eigenvalue weighted by Crippen LogP contribution is 2.46. The van der Waals surface area contributed by atoms with Gasteiger partial charge >= 0.3 is 0 Å². The maximum absolute atomic E-state index is 11.9. The highest BCUT2D eigenvalue weighted by Gasteiger charge is 2.30. The Morgan fingerprint density at radius 1 is 1.09 bits per heavy atom. The second-order valence-electron chi connectivity index (χ2n) is 10.5. The third kappa shape index (κ3) is 7.05. The lowest BCUT2D eigenvalue weighted by atomic mass is 10.1. The lowest BCUT2D eigenvalue weighted by molar-refractivity contribution is -0.117. The van der Waals surface area contributed by atoms with Crippen LogP contribution in [0.1, 0.15) is 0 Å². The zero-order valence-corrected chi connectivity index (χ0v) is 26.0. The van der Waals surface area contributed by atoms with E-state index in [0.29, 0.717) is 69.8 Å². The zero-order valence-electron chi connectivity index (χ0n) is 24.5. The van der Waals surface area contributed by atoms with Crippen LogP contribution in [-0.4, -0.2) is 116 Å². The Kier molecular flexibility index (Phi) is 10.0. The largest absolute Gasteiger partial charge is 0.495 e. The molecular formula is C29H36Cl2N8O4. The predicted molar refractivity (Wildman–Crippen MR) is 169 cm³/mol. The van der Waals surface area contributed by atoms with Gasteiger partial charge in [-0.05, 0) is 19.2 Å². The lowest BCUT2D eigenvalue weighted by Gasteiger charge is -2.32. The maximum Gasteiger partial charge on any atom is 0.243 e. The SMILES string of the molecule is C=CC(=O)N[C@H]1COC[C@H]1Nc1ncc2cc(-c3c(Cl)c(OC)cc(OC)c3Cl)nc(NCCN3CCN(C)CC3)c2n1. The molecule has 0 bridgehead atoms. The van der Waals surface area contributed by atoms with Gasteiger partial charge in [0, 0.05) is 62.5 Å². The van der Waals surface area contributed by atoms with Gasteiger partial charge in [-0.15, -0.1) is 0 Å². The first-order valence-corrected chi connectivity index (χ1v) is 14.8. The highest BCUT2D eigenvalue weighted by atomic mass is 35.5. The van der Waals surface area contributed by atoms with Crippen molar-refractivity contribution in [3.8, 4) is 22.8 Å². The van der Waals surface area contributed by atoms with Crippen molar-refractivity contribution >= 4 is 51.8 Å². The summed E-state index contributed by atoms with van der Waals surface area (Å²) in [7, 11) is 5.20. The highest BCUT2D eigenvalue weighted by molar-refractivity contribution is 6.41. The van der Waals surface area contributed by atoms with Crippen molar-refractivity contribution in [3.05, 3.63) is 41.0 Å². The number of ether oxygens (including phenoxy) is 3. The van der Waals surface area contributed by atoms with Crippen molar-refractivity contribution in [2.75, 3.05) is 84.4 Å². The Labute approximate surface area is 260 Å². The van der Waals surface area contributed by atoms with E-state index in [2.05, 4.69) is 44.4 Å². The molecule has 2 atom stereocenters. The van der Waals surface area contributed by atoms with Crippen molar-refractivity contribution in [1.82, 2.24) is 30.1 Å².